The highest BCUT2D eigenvalue weighted by atomic mass is 35.5. The smallest absolute Gasteiger partial charge is 0.408 e. The van der Waals surface area contributed by atoms with E-state index in [0.717, 1.165) is 12.0 Å². The molecule has 1 amide bonds. The zero-order valence-corrected chi connectivity index (χ0v) is 19.5. The van der Waals surface area contributed by atoms with Crippen molar-refractivity contribution in [1.29, 1.82) is 0 Å². The number of amides is 1. The Morgan fingerprint density at radius 3 is 2.19 bits per heavy atom. The highest BCUT2D eigenvalue weighted by Crippen LogP contribution is 2.56. The zero-order valence-electron chi connectivity index (χ0n) is 17.9. The fourth-order valence-electron chi connectivity index (χ4n) is 3.79. The Labute approximate surface area is 187 Å². The van der Waals surface area contributed by atoms with Gasteiger partial charge in [-0.15, -0.1) is 0 Å². The van der Waals surface area contributed by atoms with Gasteiger partial charge in [-0.2, -0.15) is 0 Å². The number of benzene rings is 2. The van der Waals surface area contributed by atoms with Crippen LogP contribution in [0, 0.1) is 0 Å². The van der Waals surface area contributed by atoms with Gasteiger partial charge >= 0.3 is 6.09 Å². The molecule has 1 aliphatic carbocycles. The van der Waals surface area contributed by atoms with E-state index in [9.17, 15) is 18.0 Å². The number of halogens is 1. The van der Waals surface area contributed by atoms with E-state index in [1.54, 1.807) is 32.9 Å². The second-order valence-electron chi connectivity index (χ2n) is 8.67. The van der Waals surface area contributed by atoms with Crippen LogP contribution in [0.15, 0.2) is 53.4 Å². The summed E-state index contributed by atoms with van der Waals surface area (Å²) in [5.74, 6) is -0.746. The van der Waals surface area contributed by atoms with Gasteiger partial charge in [0.15, 0.2) is 9.84 Å². The van der Waals surface area contributed by atoms with Gasteiger partial charge in [-0.3, -0.25) is 0 Å². The summed E-state index contributed by atoms with van der Waals surface area (Å²) in [7, 11) is -3.96. The summed E-state index contributed by atoms with van der Waals surface area (Å²) in [5.41, 5.74) is -0.693. The van der Waals surface area contributed by atoms with Crippen LogP contribution >= 0.6 is 11.6 Å². The molecule has 0 radical (unpaired) electrons. The molecule has 166 valence electrons. The lowest BCUT2D eigenvalue weighted by Gasteiger charge is -2.22. The van der Waals surface area contributed by atoms with Crippen LogP contribution in [0.5, 0.6) is 0 Å². The summed E-state index contributed by atoms with van der Waals surface area (Å²) >= 11 is 5.90. The van der Waals surface area contributed by atoms with E-state index >= 15 is 0 Å². The standard InChI is InChI=1S/C23H26ClNO5S/c1-5-15-6-8-16(9-7-15)19-20(31(28,29)18-12-10-17(24)11-13-18)23(19,14-26)25-21(27)30-22(2,3)4/h6-14,19-20H,5H2,1-4H3,(H,25,27)/t19-,20-,23-/m0/s1. The predicted molar refractivity (Wildman–Crippen MR) is 119 cm³/mol. The van der Waals surface area contributed by atoms with E-state index in [2.05, 4.69) is 5.32 Å². The van der Waals surface area contributed by atoms with Crippen molar-refractivity contribution < 1.29 is 22.7 Å². The molecule has 0 saturated heterocycles. The molecule has 0 bridgehead atoms. The van der Waals surface area contributed by atoms with Crippen LogP contribution in [0.25, 0.3) is 0 Å². The van der Waals surface area contributed by atoms with Crippen LogP contribution in [-0.2, 0) is 25.8 Å². The highest BCUT2D eigenvalue weighted by Gasteiger charge is 2.73. The summed E-state index contributed by atoms with van der Waals surface area (Å²) in [6.07, 6.45) is 0.489. The Hall–Kier alpha value is -2.38. The molecule has 8 heteroatoms. The van der Waals surface area contributed by atoms with Crippen LogP contribution in [0.2, 0.25) is 5.02 Å². The molecule has 2 aromatic rings. The molecule has 6 nitrogen and oxygen atoms in total. The minimum Gasteiger partial charge on any atom is -0.444 e. The summed E-state index contributed by atoms with van der Waals surface area (Å²) in [5, 5.41) is 1.78. The number of aldehydes is 1. The van der Waals surface area contributed by atoms with Crippen LogP contribution in [0.4, 0.5) is 4.79 Å². The van der Waals surface area contributed by atoms with Gasteiger partial charge in [0.1, 0.15) is 22.7 Å². The van der Waals surface area contributed by atoms with Gasteiger partial charge in [0, 0.05) is 10.9 Å². The molecule has 3 atom stereocenters. The van der Waals surface area contributed by atoms with Crippen LogP contribution in [0.1, 0.15) is 44.7 Å². The maximum absolute atomic E-state index is 13.5. The Morgan fingerprint density at radius 2 is 1.71 bits per heavy atom. The topological polar surface area (TPSA) is 89.5 Å². The summed E-state index contributed by atoms with van der Waals surface area (Å²) < 4.78 is 32.2. The van der Waals surface area contributed by atoms with Crippen molar-refractivity contribution in [3.63, 3.8) is 0 Å². The third-order valence-corrected chi connectivity index (χ3v) is 7.83. The van der Waals surface area contributed by atoms with Crippen LogP contribution in [-0.4, -0.2) is 37.2 Å². The Kier molecular flexibility index (Phi) is 6.22. The van der Waals surface area contributed by atoms with Gasteiger partial charge in [-0.05, 0) is 62.6 Å². The van der Waals surface area contributed by atoms with Crippen LogP contribution in [0.3, 0.4) is 0 Å². The minimum atomic E-state index is -3.96. The fourth-order valence-corrected chi connectivity index (χ4v) is 6.16. The largest absolute Gasteiger partial charge is 0.444 e. The maximum Gasteiger partial charge on any atom is 0.408 e. The number of carbonyl (C=O) groups is 2. The van der Waals surface area contributed by atoms with Crippen molar-refractivity contribution in [3.05, 3.63) is 64.7 Å². The number of carbonyl (C=O) groups excluding carboxylic acids is 2. The van der Waals surface area contributed by atoms with Gasteiger partial charge in [0.2, 0.25) is 0 Å². The summed E-state index contributed by atoms with van der Waals surface area (Å²) in [4.78, 5) is 24.8. The first-order valence-electron chi connectivity index (χ1n) is 10.0. The molecule has 1 saturated carbocycles. The number of rotatable bonds is 6. The molecule has 1 fully saturated rings. The number of hydrogen-bond acceptors (Lipinski definition) is 5. The molecular formula is C23H26ClNO5S. The highest BCUT2D eigenvalue weighted by molar-refractivity contribution is 7.92. The molecule has 0 aliphatic heterocycles. The molecular weight excluding hydrogens is 438 g/mol. The van der Waals surface area contributed by atoms with Crippen molar-refractivity contribution in [2.75, 3.05) is 0 Å². The van der Waals surface area contributed by atoms with Crippen molar-refractivity contribution >= 4 is 33.8 Å². The van der Waals surface area contributed by atoms with E-state index in [-0.39, 0.29) is 4.90 Å². The van der Waals surface area contributed by atoms with Gasteiger partial charge in [0.25, 0.3) is 0 Å². The van der Waals surface area contributed by atoms with E-state index < -0.39 is 38.2 Å². The van der Waals surface area contributed by atoms with E-state index in [4.69, 9.17) is 16.3 Å². The number of alkyl carbamates (subject to hydrolysis) is 1. The maximum atomic E-state index is 13.5. The zero-order chi connectivity index (χ0) is 23.0. The molecule has 1 N–H and O–H groups in total. The average Bonchev–Trinajstić information content (AvgIpc) is 3.36. The van der Waals surface area contributed by atoms with Crippen molar-refractivity contribution in [2.45, 2.75) is 61.3 Å². The summed E-state index contributed by atoms with van der Waals surface area (Å²) in [6, 6.07) is 13.1. The number of aryl methyl sites for hydroxylation is 1. The molecule has 0 unspecified atom stereocenters. The number of nitrogens with one attached hydrogen (secondary N) is 1. The Balaban J connectivity index is 2.04. The second-order valence-corrected chi connectivity index (χ2v) is 11.2. The first-order valence-corrected chi connectivity index (χ1v) is 11.9. The SMILES string of the molecule is CCc1ccc([C@H]2[C@H](S(=O)(=O)c3ccc(Cl)cc3)[C@@]2(C=O)NC(=O)OC(C)(C)C)cc1. The average molecular weight is 464 g/mol. The molecule has 0 spiro atoms. The Morgan fingerprint density at radius 1 is 1.13 bits per heavy atom. The molecule has 0 aromatic heterocycles. The van der Waals surface area contributed by atoms with Crippen molar-refractivity contribution in [3.8, 4) is 0 Å². The normalized spacial score (nSPS) is 23.1. The number of sulfone groups is 1. The fraction of sp³-hybridized carbons (Fsp3) is 0.391. The monoisotopic (exact) mass is 463 g/mol. The third kappa shape index (κ3) is 4.62. The second kappa shape index (κ2) is 8.28. The number of hydrogen-bond donors (Lipinski definition) is 1. The first-order chi connectivity index (χ1) is 14.4. The van der Waals surface area contributed by atoms with E-state index in [1.165, 1.54) is 24.3 Å². The van der Waals surface area contributed by atoms with E-state index in [0.29, 0.717) is 16.9 Å². The molecule has 1 aliphatic rings. The van der Waals surface area contributed by atoms with Crippen molar-refractivity contribution in [2.24, 2.45) is 0 Å². The molecule has 3 rings (SSSR count). The van der Waals surface area contributed by atoms with Gasteiger partial charge in [0.05, 0.1) is 4.90 Å². The van der Waals surface area contributed by atoms with Gasteiger partial charge < -0.3 is 14.8 Å². The van der Waals surface area contributed by atoms with Gasteiger partial charge in [-0.25, -0.2) is 13.2 Å². The number of ether oxygens (including phenoxy) is 1. The lowest BCUT2D eigenvalue weighted by atomic mass is 10.0. The molecule has 0 heterocycles. The van der Waals surface area contributed by atoms with Crippen molar-refractivity contribution in [1.82, 2.24) is 5.32 Å². The first kappa shape index (κ1) is 23.3. The van der Waals surface area contributed by atoms with Crippen LogP contribution < -0.4 is 5.32 Å². The van der Waals surface area contributed by atoms with E-state index in [1.807, 2.05) is 19.1 Å². The molecule has 31 heavy (non-hydrogen) atoms. The summed E-state index contributed by atoms with van der Waals surface area (Å²) in [6.45, 7) is 7.08. The molecule has 2 aromatic carbocycles. The lowest BCUT2D eigenvalue weighted by Crippen LogP contribution is -2.45. The Bertz CT molecular complexity index is 1070. The predicted octanol–water partition coefficient (Wildman–Crippen LogP) is 4.30. The lowest BCUT2D eigenvalue weighted by molar-refractivity contribution is -0.110. The van der Waals surface area contributed by atoms with Gasteiger partial charge in [-0.1, -0.05) is 42.8 Å². The third-order valence-electron chi connectivity index (χ3n) is 5.32. The quantitative estimate of drug-likeness (QED) is 0.645. The minimum absolute atomic E-state index is 0.0341.